The van der Waals surface area contributed by atoms with Crippen LogP contribution in [0, 0.1) is 0 Å². The molecule has 0 aromatic heterocycles. The number of hydrogen-bond acceptors (Lipinski definition) is 4. The molecule has 1 N–H and O–H groups in total. The van der Waals surface area contributed by atoms with E-state index >= 15 is 0 Å². The predicted octanol–water partition coefficient (Wildman–Crippen LogP) is 1.64. The van der Waals surface area contributed by atoms with E-state index in [9.17, 15) is 4.79 Å². The highest BCUT2D eigenvalue weighted by Gasteiger charge is 2.30. The van der Waals surface area contributed by atoms with Gasteiger partial charge in [-0.25, -0.2) is 0 Å². The van der Waals surface area contributed by atoms with E-state index in [1.807, 2.05) is 30.3 Å². The molecule has 1 aliphatic rings. The molecule has 0 saturated carbocycles. The van der Waals surface area contributed by atoms with E-state index in [4.69, 9.17) is 14.2 Å². The fourth-order valence-corrected chi connectivity index (χ4v) is 2.37. The van der Waals surface area contributed by atoms with Crippen LogP contribution in [0.15, 0.2) is 30.3 Å². The Balaban J connectivity index is 2.12. The van der Waals surface area contributed by atoms with Crippen molar-refractivity contribution >= 4 is 5.91 Å². The number of benzene rings is 1. The largest absolute Gasteiger partial charge is 0.368 e. The van der Waals surface area contributed by atoms with Crippen LogP contribution in [0.3, 0.4) is 0 Å². The molecule has 1 unspecified atom stereocenters. The van der Waals surface area contributed by atoms with Crippen molar-refractivity contribution in [3.8, 4) is 0 Å². The second-order valence-electron chi connectivity index (χ2n) is 4.74. The van der Waals surface area contributed by atoms with Crippen LogP contribution in [-0.4, -0.2) is 39.1 Å². The third-order valence-corrected chi connectivity index (χ3v) is 3.42. The first-order chi connectivity index (χ1) is 9.76. The molecule has 1 saturated heterocycles. The lowest BCUT2D eigenvalue weighted by Gasteiger charge is -2.27. The Morgan fingerprint density at radius 2 is 2.00 bits per heavy atom. The first-order valence-electron chi connectivity index (χ1n) is 6.78. The van der Waals surface area contributed by atoms with Crippen molar-refractivity contribution in [1.29, 1.82) is 0 Å². The second-order valence-corrected chi connectivity index (χ2v) is 4.74. The zero-order valence-electron chi connectivity index (χ0n) is 11.9. The Bertz CT molecular complexity index is 413. The molecular formula is C15H21NO4. The van der Waals surface area contributed by atoms with Crippen LogP contribution in [0.5, 0.6) is 0 Å². The molecule has 110 valence electrons. The van der Waals surface area contributed by atoms with Crippen LogP contribution >= 0.6 is 0 Å². The predicted molar refractivity (Wildman–Crippen MR) is 74.1 cm³/mol. The zero-order chi connectivity index (χ0) is 14.4. The van der Waals surface area contributed by atoms with Crippen molar-refractivity contribution in [2.75, 3.05) is 20.8 Å². The van der Waals surface area contributed by atoms with E-state index in [0.29, 0.717) is 6.61 Å². The summed E-state index contributed by atoms with van der Waals surface area (Å²) < 4.78 is 16.0. The molecule has 2 atom stereocenters. The summed E-state index contributed by atoms with van der Waals surface area (Å²) in [7, 11) is 3.12. The van der Waals surface area contributed by atoms with E-state index in [-0.39, 0.29) is 18.1 Å². The quantitative estimate of drug-likeness (QED) is 0.804. The second kappa shape index (κ2) is 7.38. The standard InChI is InChI=1S/C15H21NO4/c1-18-15(19-2)13(11-7-4-3-5-8-11)16-14(17)12-9-6-10-20-12/h3-5,7-8,12-13,15H,6,9-10H2,1-2H3,(H,16,17)/t12-,13?/m1/s1. The first kappa shape index (κ1) is 15.0. The van der Waals surface area contributed by atoms with Gasteiger partial charge in [-0.05, 0) is 18.4 Å². The third kappa shape index (κ3) is 3.56. The SMILES string of the molecule is COC(OC)C(NC(=O)[C@H]1CCCO1)c1ccccc1. The number of rotatable bonds is 6. The molecule has 1 aromatic rings. The van der Waals surface area contributed by atoms with E-state index in [2.05, 4.69) is 5.32 Å². The number of carbonyl (C=O) groups is 1. The summed E-state index contributed by atoms with van der Waals surface area (Å²) in [4.78, 5) is 12.2. The Hall–Kier alpha value is -1.43. The van der Waals surface area contributed by atoms with Crippen LogP contribution in [0.4, 0.5) is 0 Å². The first-order valence-corrected chi connectivity index (χ1v) is 6.78. The summed E-state index contributed by atoms with van der Waals surface area (Å²) in [6.07, 6.45) is 0.780. The minimum atomic E-state index is -0.539. The lowest BCUT2D eigenvalue weighted by Crippen LogP contribution is -2.42. The number of nitrogens with one attached hydrogen (secondary N) is 1. The molecule has 1 amide bonds. The van der Waals surface area contributed by atoms with Crippen LogP contribution in [0.2, 0.25) is 0 Å². The topological polar surface area (TPSA) is 56.8 Å². The molecular weight excluding hydrogens is 258 g/mol. The highest BCUT2D eigenvalue weighted by Crippen LogP contribution is 2.21. The summed E-state index contributed by atoms with van der Waals surface area (Å²) in [6, 6.07) is 9.28. The average molecular weight is 279 g/mol. The molecule has 0 radical (unpaired) electrons. The Kier molecular flexibility index (Phi) is 5.52. The van der Waals surface area contributed by atoms with Gasteiger partial charge in [0.1, 0.15) is 12.1 Å². The molecule has 5 nitrogen and oxygen atoms in total. The molecule has 1 aliphatic heterocycles. The number of methoxy groups -OCH3 is 2. The average Bonchev–Trinajstić information content (AvgIpc) is 3.02. The zero-order valence-corrected chi connectivity index (χ0v) is 11.9. The highest BCUT2D eigenvalue weighted by molar-refractivity contribution is 5.81. The maximum atomic E-state index is 12.2. The van der Waals surface area contributed by atoms with Crippen molar-refractivity contribution < 1.29 is 19.0 Å². The van der Waals surface area contributed by atoms with Gasteiger partial charge < -0.3 is 19.5 Å². The molecule has 1 fully saturated rings. The molecule has 20 heavy (non-hydrogen) atoms. The molecule has 0 aliphatic carbocycles. The van der Waals surface area contributed by atoms with Crippen molar-refractivity contribution in [3.63, 3.8) is 0 Å². The molecule has 1 aromatic carbocycles. The summed E-state index contributed by atoms with van der Waals surface area (Å²) in [5.74, 6) is -0.115. The summed E-state index contributed by atoms with van der Waals surface area (Å²) in [5, 5.41) is 2.96. The fourth-order valence-electron chi connectivity index (χ4n) is 2.37. The summed E-state index contributed by atoms with van der Waals surface area (Å²) >= 11 is 0. The fraction of sp³-hybridized carbons (Fsp3) is 0.533. The molecule has 0 bridgehead atoms. The van der Waals surface area contributed by atoms with Gasteiger partial charge in [-0.15, -0.1) is 0 Å². The van der Waals surface area contributed by atoms with Gasteiger partial charge in [-0.2, -0.15) is 0 Å². The van der Waals surface area contributed by atoms with Gasteiger partial charge in [0.25, 0.3) is 0 Å². The minimum Gasteiger partial charge on any atom is -0.368 e. The van der Waals surface area contributed by atoms with E-state index in [1.54, 1.807) is 14.2 Å². The Labute approximate surface area is 119 Å². The lowest BCUT2D eigenvalue weighted by molar-refractivity contribution is -0.144. The van der Waals surface area contributed by atoms with Gasteiger partial charge in [-0.1, -0.05) is 30.3 Å². The number of hydrogen-bond donors (Lipinski definition) is 1. The van der Waals surface area contributed by atoms with Gasteiger partial charge in [0.05, 0.1) is 0 Å². The van der Waals surface area contributed by atoms with E-state index in [0.717, 1.165) is 18.4 Å². The van der Waals surface area contributed by atoms with Gasteiger partial charge in [0.2, 0.25) is 5.91 Å². The van der Waals surface area contributed by atoms with Crippen LogP contribution in [0.1, 0.15) is 24.4 Å². The van der Waals surface area contributed by atoms with Crippen molar-refractivity contribution in [3.05, 3.63) is 35.9 Å². The van der Waals surface area contributed by atoms with Crippen LogP contribution in [0.25, 0.3) is 0 Å². The summed E-state index contributed by atoms with van der Waals surface area (Å²) in [5.41, 5.74) is 0.938. The Morgan fingerprint density at radius 3 is 2.55 bits per heavy atom. The van der Waals surface area contributed by atoms with Crippen molar-refractivity contribution in [1.82, 2.24) is 5.32 Å². The van der Waals surface area contributed by atoms with E-state index < -0.39 is 6.29 Å². The maximum absolute atomic E-state index is 12.2. The number of carbonyl (C=O) groups excluding carboxylic acids is 1. The van der Waals surface area contributed by atoms with Gasteiger partial charge in [-0.3, -0.25) is 4.79 Å². The maximum Gasteiger partial charge on any atom is 0.249 e. The highest BCUT2D eigenvalue weighted by atomic mass is 16.7. The van der Waals surface area contributed by atoms with E-state index in [1.165, 1.54) is 0 Å². The van der Waals surface area contributed by atoms with Crippen molar-refractivity contribution in [2.24, 2.45) is 0 Å². The molecule has 0 spiro atoms. The minimum absolute atomic E-state index is 0.115. The number of amides is 1. The van der Waals surface area contributed by atoms with Gasteiger partial charge in [0, 0.05) is 20.8 Å². The molecule has 5 heteroatoms. The van der Waals surface area contributed by atoms with Gasteiger partial charge >= 0.3 is 0 Å². The Morgan fingerprint density at radius 1 is 1.30 bits per heavy atom. The van der Waals surface area contributed by atoms with Gasteiger partial charge in [0.15, 0.2) is 6.29 Å². The van der Waals surface area contributed by atoms with Crippen molar-refractivity contribution in [2.45, 2.75) is 31.3 Å². The molecule has 2 rings (SSSR count). The van der Waals surface area contributed by atoms with Crippen LogP contribution < -0.4 is 5.32 Å². The van der Waals surface area contributed by atoms with Crippen LogP contribution in [-0.2, 0) is 19.0 Å². The number of ether oxygens (including phenoxy) is 3. The lowest BCUT2D eigenvalue weighted by atomic mass is 10.1. The summed E-state index contributed by atoms with van der Waals surface area (Å²) in [6.45, 7) is 0.645. The monoisotopic (exact) mass is 279 g/mol. The third-order valence-electron chi connectivity index (χ3n) is 3.42. The molecule has 1 heterocycles. The normalized spacial score (nSPS) is 20.1. The smallest absolute Gasteiger partial charge is 0.249 e.